The van der Waals surface area contributed by atoms with Gasteiger partial charge in [-0.3, -0.25) is 4.99 Å². The zero-order chi connectivity index (χ0) is 14.1. The van der Waals surface area contributed by atoms with Gasteiger partial charge in [-0.15, -0.1) is 35.3 Å². The molecule has 6 heteroatoms. The molecule has 3 N–H and O–H groups in total. The smallest absolute Gasteiger partial charge is 0.191 e. The number of guanidine groups is 1. The molecule has 1 rings (SSSR count). The Bertz CT molecular complexity index is 371. The third-order valence-electron chi connectivity index (χ3n) is 2.82. The molecule has 1 heterocycles. The maximum absolute atomic E-state index is 9.01. The van der Waals surface area contributed by atoms with Crippen LogP contribution in [0.1, 0.15) is 31.6 Å². The number of rotatable bonds is 7. The summed E-state index contributed by atoms with van der Waals surface area (Å²) < 4.78 is 0. The van der Waals surface area contributed by atoms with Gasteiger partial charge in [0.15, 0.2) is 5.96 Å². The molecule has 0 aliphatic rings. The molecular formula is C14H26IN3OS. The molecule has 2 atom stereocenters. The molecule has 0 bridgehead atoms. The van der Waals surface area contributed by atoms with Gasteiger partial charge in [0.1, 0.15) is 0 Å². The van der Waals surface area contributed by atoms with Crippen molar-refractivity contribution in [2.75, 3.05) is 26.2 Å². The molecule has 1 aromatic rings. The molecule has 0 saturated carbocycles. The van der Waals surface area contributed by atoms with Crippen LogP contribution in [0.5, 0.6) is 0 Å². The van der Waals surface area contributed by atoms with Gasteiger partial charge in [0.05, 0.1) is 0 Å². The van der Waals surface area contributed by atoms with Crippen LogP contribution in [0.3, 0.4) is 0 Å². The van der Waals surface area contributed by atoms with Crippen molar-refractivity contribution in [3.63, 3.8) is 0 Å². The fourth-order valence-electron chi connectivity index (χ4n) is 1.57. The van der Waals surface area contributed by atoms with Gasteiger partial charge >= 0.3 is 0 Å². The van der Waals surface area contributed by atoms with Crippen LogP contribution in [0.4, 0.5) is 0 Å². The first kappa shape index (κ1) is 19.7. The number of hydrogen-bond donors (Lipinski definition) is 3. The molecule has 0 aromatic carbocycles. The topological polar surface area (TPSA) is 56.7 Å². The van der Waals surface area contributed by atoms with E-state index in [9.17, 15) is 0 Å². The van der Waals surface area contributed by atoms with E-state index in [2.05, 4.69) is 47.0 Å². The van der Waals surface area contributed by atoms with Crippen molar-refractivity contribution in [2.45, 2.75) is 26.7 Å². The van der Waals surface area contributed by atoms with Crippen LogP contribution in [0.2, 0.25) is 0 Å². The number of nitrogens with zero attached hydrogens (tertiary/aromatic N) is 1. The Morgan fingerprint density at radius 3 is 2.70 bits per heavy atom. The van der Waals surface area contributed by atoms with Crippen molar-refractivity contribution in [1.29, 1.82) is 0 Å². The van der Waals surface area contributed by atoms with E-state index in [1.54, 1.807) is 11.3 Å². The summed E-state index contributed by atoms with van der Waals surface area (Å²) >= 11 is 1.78. The van der Waals surface area contributed by atoms with Crippen LogP contribution in [-0.4, -0.2) is 37.3 Å². The van der Waals surface area contributed by atoms with Gasteiger partial charge in [0, 0.05) is 37.0 Å². The standard InChI is InChI=1S/C14H25N3OS.HI/c1-4-15-14(16-8-11(2)10-18)17-9-12(3)13-6-5-7-19-13;/h5-7,11-12,18H,4,8-10H2,1-3H3,(H2,15,16,17);1H. The third-order valence-corrected chi connectivity index (χ3v) is 3.93. The summed E-state index contributed by atoms with van der Waals surface area (Å²) in [5.41, 5.74) is 0. The highest BCUT2D eigenvalue weighted by Crippen LogP contribution is 2.19. The molecule has 0 amide bonds. The minimum absolute atomic E-state index is 0. The van der Waals surface area contributed by atoms with Crippen molar-refractivity contribution < 1.29 is 5.11 Å². The molecule has 2 unspecified atom stereocenters. The molecule has 1 aromatic heterocycles. The predicted octanol–water partition coefficient (Wildman–Crippen LogP) is 2.65. The summed E-state index contributed by atoms with van der Waals surface area (Å²) in [5, 5.41) is 17.7. The van der Waals surface area contributed by atoms with E-state index in [0.29, 0.717) is 12.5 Å². The number of aliphatic hydroxyl groups is 1. The van der Waals surface area contributed by atoms with Gasteiger partial charge in [-0.05, 0) is 24.3 Å². The SMILES string of the molecule is CCNC(=NCC(C)CO)NCC(C)c1cccs1.I. The first-order chi connectivity index (χ1) is 9.17. The van der Waals surface area contributed by atoms with Gasteiger partial charge in [-0.2, -0.15) is 0 Å². The van der Waals surface area contributed by atoms with E-state index in [4.69, 9.17) is 5.11 Å². The van der Waals surface area contributed by atoms with Gasteiger partial charge in [-0.1, -0.05) is 19.9 Å². The Balaban J connectivity index is 0.00000361. The monoisotopic (exact) mass is 411 g/mol. The summed E-state index contributed by atoms with van der Waals surface area (Å²) in [6.45, 7) is 8.76. The van der Waals surface area contributed by atoms with Crippen LogP contribution < -0.4 is 10.6 Å². The van der Waals surface area contributed by atoms with E-state index >= 15 is 0 Å². The maximum Gasteiger partial charge on any atom is 0.191 e. The van der Waals surface area contributed by atoms with Crippen molar-refractivity contribution in [1.82, 2.24) is 10.6 Å². The lowest BCUT2D eigenvalue weighted by Crippen LogP contribution is -2.39. The van der Waals surface area contributed by atoms with Gasteiger partial charge < -0.3 is 15.7 Å². The van der Waals surface area contributed by atoms with Crippen LogP contribution >= 0.6 is 35.3 Å². The molecular weight excluding hydrogens is 385 g/mol. The summed E-state index contributed by atoms with van der Waals surface area (Å²) in [6, 6.07) is 4.24. The lowest BCUT2D eigenvalue weighted by molar-refractivity contribution is 0.241. The van der Waals surface area contributed by atoms with Gasteiger partial charge in [0.25, 0.3) is 0 Å². The Kier molecular flexibility index (Phi) is 11.1. The summed E-state index contributed by atoms with van der Waals surface area (Å²) in [5.74, 6) is 1.50. The Morgan fingerprint density at radius 1 is 1.40 bits per heavy atom. The van der Waals surface area contributed by atoms with Gasteiger partial charge in [-0.25, -0.2) is 0 Å². The second-order valence-electron chi connectivity index (χ2n) is 4.80. The van der Waals surface area contributed by atoms with Crippen molar-refractivity contribution in [3.05, 3.63) is 22.4 Å². The maximum atomic E-state index is 9.01. The Hall–Kier alpha value is -0.340. The fraction of sp³-hybridized carbons (Fsp3) is 0.643. The predicted molar refractivity (Wildman–Crippen MR) is 98.4 cm³/mol. The number of halogens is 1. The minimum Gasteiger partial charge on any atom is -0.396 e. The van der Waals surface area contributed by atoms with Crippen LogP contribution in [0, 0.1) is 5.92 Å². The molecule has 0 saturated heterocycles. The highest BCUT2D eigenvalue weighted by molar-refractivity contribution is 14.0. The molecule has 0 radical (unpaired) electrons. The van der Waals surface area contributed by atoms with E-state index in [1.807, 2.05) is 6.92 Å². The third kappa shape index (κ3) is 7.44. The molecule has 0 aliphatic carbocycles. The lowest BCUT2D eigenvalue weighted by atomic mass is 10.1. The minimum atomic E-state index is 0. The fourth-order valence-corrected chi connectivity index (χ4v) is 2.36. The largest absolute Gasteiger partial charge is 0.396 e. The first-order valence-electron chi connectivity index (χ1n) is 6.83. The lowest BCUT2D eigenvalue weighted by Gasteiger charge is -2.15. The van der Waals surface area contributed by atoms with Crippen molar-refractivity contribution in [2.24, 2.45) is 10.9 Å². The quantitative estimate of drug-likeness (QED) is 0.367. The second-order valence-corrected chi connectivity index (χ2v) is 5.78. The molecule has 0 aliphatic heterocycles. The van der Waals surface area contributed by atoms with Crippen molar-refractivity contribution in [3.8, 4) is 0 Å². The Labute approximate surface area is 143 Å². The van der Waals surface area contributed by atoms with Crippen LogP contribution in [0.25, 0.3) is 0 Å². The van der Waals surface area contributed by atoms with Gasteiger partial charge in [0.2, 0.25) is 0 Å². The number of aliphatic imine (C=N–C) groups is 1. The average molecular weight is 411 g/mol. The number of thiophene rings is 1. The zero-order valence-corrected chi connectivity index (χ0v) is 15.6. The Morgan fingerprint density at radius 2 is 2.15 bits per heavy atom. The van der Waals surface area contributed by atoms with E-state index in [-0.39, 0.29) is 36.5 Å². The molecule has 0 fully saturated rings. The molecule has 20 heavy (non-hydrogen) atoms. The first-order valence-corrected chi connectivity index (χ1v) is 7.71. The molecule has 116 valence electrons. The molecule has 0 spiro atoms. The second kappa shape index (κ2) is 11.3. The normalized spacial score (nSPS) is 14.3. The highest BCUT2D eigenvalue weighted by atomic mass is 127. The summed E-state index contributed by atoms with van der Waals surface area (Å²) in [4.78, 5) is 5.86. The average Bonchev–Trinajstić information content (AvgIpc) is 2.95. The van der Waals surface area contributed by atoms with Crippen LogP contribution in [-0.2, 0) is 0 Å². The summed E-state index contributed by atoms with van der Waals surface area (Å²) in [6.07, 6.45) is 0. The van der Waals surface area contributed by atoms with Crippen molar-refractivity contribution >= 4 is 41.3 Å². The number of aliphatic hydroxyl groups excluding tert-OH is 1. The van der Waals surface area contributed by atoms with E-state index in [1.165, 1.54) is 4.88 Å². The number of nitrogens with one attached hydrogen (secondary N) is 2. The van der Waals surface area contributed by atoms with E-state index in [0.717, 1.165) is 19.0 Å². The highest BCUT2D eigenvalue weighted by Gasteiger charge is 2.07. The zero-order valence-electron chi connectivity index (χ0n) is 12.4. The molecule has 4 nitrogen and oxygen atoms in total. The van der Waals surface area contributed by atoms with E-state index < -0.39 is 0 Å². The summed E-state index contributed by atoms with van der Waals surface area (Å²) in [7, 11) is 0. The van der Waals surface area contributed by atoms with Crippen LogP contribution in [0.15, 0.2) is 22.5 Å². The number of hydrogen-bond acceptors (Lipinski definition) is 3.